The van der Waals surface area contributed by atoms with E-state index in [0.717, 1.165) is 45.2 Å². The molecule has 7 nitrogen and oxygen atoms in total. The lowest BCUT2D eigenvalue weighted by molar-refractivity contribution is 0.0844. The molecule has 2 heterocycles. The number of unbranched alkanes of at least 4 members (excludes halogenated alkanes) is 1. The largest absolute Gasteiger partial charge is 0.396 e. The predicted molar refractivity (Wildman–Crippen MR) is 79.1 cm³/mol. The number of hydrogen-bond acceptors (Lipinski definition) is 7. The number of hydrogen-bond donors (Lipinski definition) is 3. The lowest BCUT2D eigenvalue weighted by atomic mass is 9.75. The minimum Gasteiger partial charge on any atom is -0.396 e. The Kier molecular flexibility index (Phi) is 4.59. The van der Waals surface area contributed by atoms with E-state index in [1.807, 2.05) is 0 Å². The number of nitrogens with two attached hydrogens (primary N) is 2. The average Bonchev–Trinajstić information content (AvgIpc) is 2.44. The van der Waals surface area contributed by atoms with Gasteiger partial charge in [-0.1, -0.05) is 19.8 Å². The van der Waals surface area contributed by atoms with Gasteiger partial charge in [0.2, 0.25) is 17.8 Å². The van der Waals surface area contributed by atoms with E-state index in [4.69, 9.17) is 11.5 Å². The lowest BCUT2D eigenvalue weighted by Gasteiger charge is -2.40. The number of nitrogens with zero attached hydrogens (tertiary/aromatic N) is 4. The van der Waals surface area contributed by atoms with Crippen LogP contribution < -0.4 is 16.4 Å². The number of aliphatic hydroxyl groups is 1. The predicted octanol–water partition coefficient (Wildman–Crippen LogP) is 0.805. The van der Waals surface area contributed by atoms with Crippen LogP contribution in [-0.2, 0) is 0 Å². The van der Waals surface area contributed by atoms with Crippen LogP contribution in [0.3, 0.4) is 0 Å². The molecule has 0 amide bonds. The third-order valence-corrected chi connectivity index (χ3v) is 4.16. The summed E-state index contributed by atoms with van der Waals surface area (Å²) in [4.78, 5) is 14.1. The van der Waals surface area contributed by atoms with E-state index < -0.39 is 0 Å². The third kappa shape index (κ3) is 3.27. The van der Waals surface area contributed by atoms with Gasteiger partial charge >= 0.3 is 0 Å². The van der Waals surface area contributed by atoms with Gasteiger partial charge in [-0.15, -0.1) is 0 Å². The second kappa shape index (κ2) is 6.21. The van der Waals surface area contributed by atoms with E-state index >= 15 is 0 Å². The summed E-state index contributed by atoms with van der Waals surface area (Å²) in [5.74, 6) is 0.840. The quantitative estimate of drug-likeness (QED) is 0.731. The van der Waals surface area contributed by atoms with Crippen molar-refractivity contribution in [3.63, 3.8) is 0 Å². The molecule has 0 spiro atoms. The number of piperidine rings is 1. The number of aromatic nitrogens is 3. The first kappa shape index (κ1) is 14.8. The first-order chi connectivity index (χ1) is 9.58. The van der Waals surface area contributed by atoms with Crippen LogP contribution in [0.1, 0.15) is 39.0 Å². The van der Waals surface area contributed by atoms with E-state index in [1.54, 1.807) is 0 Å². The Hall–Kier alpha value is -1.63. The van der Waals surface area contributed by atoms with Crippen molar-refractivity contribution < 1.29 is 5.11 Å². The molecule has 7 heteroatoms. The molecule has 0 saturated carbocycles. The van der Waals surface area contributed by atoms with Crippen molar-refractivity contribution in [2.45, 2.75) is 39.0 Å². The smallest absolute Gasteiger partial charge is 0.231 e. The fraction of sp³-hybridized carbons (Fsp3) is 0.769. The highest BCUT2D eigenvalue weighted by molar-refractivity contribution is 5.40. The summed E-state index contributed by atoms with van der Waals surface area (Å²) in [5, 5.41) is 9.71. The summed E-state index contributed by atoms with van der Waals surface area (Å²) in [6.07, 6.45) is 5.28. The van der Waals surface area contributed by atoms with Gasteiger partial charge in [0.05, 0.1) is 0 Å². The second-order valence-corrected chi connectivity index (χ2v) is 5.60. The van der Waals surface area contributed by atoms with Crippen LogP contribution in [0.2, 0.25) is 0 Å². The van der Waals surface area contributed by atoms with Gasteiger partial charge in [0.25, 0.3) is 0 Å². The van der Waals surface area contributed by atoms with Crippen molar-refractivity contribution in [1.82, 2.24) is 15.0 Å². The zero-order valence-corrected chi connectivity index (χ0v) is 12.0. The van der Waals surface area contributed by atoms with Gasteiger partial charge in [0.15, 0.2) is 0 Å². The lowest BCUT2D eigenvalue weighted by Crippen LogP contribution is -2.43. The van der Waals surface area contributed by atoms with E-state index in [0.29, 0.717) is 5.95 Å². The molecule has 112 valence electrons. The van der Waals surface area contributed by atoms with Crippen LogP contribution in [0.5, 0.6) is 0 Å². The Labute approximate surface area is 119 Å². The summed E-state index contributed by atoms with van der Waals surface area (Å²) in [7, 11) is 0. The standard InChI is InChI=1S/C13H24N6O/c1-2-3-4-13(9-20)5-7-19(8-6-13)12-17-10(14)16-11(15)18-12/h20H,2-9H2,1H3,(H4,14,15,16,17,18). The number of rotatable bonds is 5. The van der Waals surface area contributed by atoms with Gasteiger partial charge in [-0.05, 0) is 24.7 Å². The molecule has 1 aliphatic rings. The van der Waals surface area contributed by atoms with Crippen molar-refractivity contribution in [2.24, 2.45) is 5.41 Å². The van der Waals surface area contributed by atoms with Crippen LogP contribution >= 0.6 is 0 Å². The van der Waals surface area contributed by atoms with E-state index in [2.05, 4.69) is 26.8 Å². The number of aliphatic hydroxyl groups excluding tert-OH is 1. The highest BCUT2D eigenvalue weighted by Crippen LogP contribution is 2.36. The Morgan fingerprint density at radius 1 is 1.15 bits per heavy atom. The fourth-order valence-corrected chi connectivity index (χ4v) is 2.76. The highest BCUT2D eigenvalue weighted by Gasteiger charge is 2.34. The molecule has 1 fully saturated rings. The molecule has 0 atom stereocenters. The van der Waals surface area contributed by atoms with Gasteiger partial charge < -0.3 is 21.5 Å². The van der Waals surface area contributed by atoms with Gasteiger partial charge in [-0.2, -0.15) is 15.0 Å². The van der Waals surface area contributed by atoms with E-state index in [-0.39, 0.29) is 23.9 Å². The molecule has 0 aliphatic carbocycles. The summed E-state index contributed by atoms with van der Waals surface area (Å²) in [5.41, 5.74) is 11.3. The maximum Gasteiger partial charge on any atom is 0.231 e. The Morgan fingerprint density at radius 2 is 1.75 bits per heavy atom. The van der Waals surface area contributed by atoms with Crippen molar-refractivity contribution in [2.75, 3.05) is 36.1 Å². The zero-order valence-electron chi connectivity index (χ0n) is 12.0. The molecule has 0 radical (unpaired) electrons. The second-order valence-electron chi connectivity index (χ2n) is 5.60. The molecule has 2 rings (SSSR count). The van der Waals surface area contributed by atoms with Crippen molar-refractivity contribution >= 4 is 17.8 Å². The Balaban J connectivity index is 2.02. The maximum absolute atomic E-state index is 9.71. The Bertz CT molecular complexity index is 424. The number of nitrogen functional groups attached to an aromatic ring is 2. The molecular formula is C13H24N6O. The first-order valence-corrected chi connectivity index (χ1v) is 7.21. The normalized spacial score (nSPS) is 18.2. The molecule has 1 saturated heterocycles. The van der Waals surface area contributed by atoms with Gasteiger partial charge in [-0.3, -0.25) is 0 Å². The first-order valence-electron chi connectivity index (χ1n) is 7.21. The minimum absolute atomic E-state index is 0.0522. The number of anilines is 3. The van der Waals surface area contributed by atoms with E-state index in [1.165, 1.54) is 0 Å². The molecule has 0 aromatic carbocycles. The van der Waals surface area contributed by atoms with Gasteiger partial charge in [-0.25, -0.2) is 0 Å². The fourth-order valence-electron chi connectivity index (χ4n) is 2.76. The molecule has 20 heavy (non-hydrogen) atoms. The maximum atomic E-state index is 9.71. The summed E-state index contributed by atoms with van der Waals surface area (Å²) in [6.45, 7) is 4.05. The van der Waals surface area contributed by atoms with Crippen LogP contribution in [-0.4, -0.2) is 39.8 Å². The molecular weight excluding hydrogens is 256 g/mol. The van der Waals surface area contributed by atoms with Gasteiger partial charge in [0.1, 0.15) is 0 Å². The van der Waals surface area contributed by atoms with Crippen molar-refractivity contribution in [3.8, 4) is 0 Å². The molecule has 1 aromatic rings. The SMILES string of the molecule is CCCCC1(CO)CCN(c2nc(N)nc(N)n2)CC1. The average molecular weight is 280 g/mol. The zero-order chi connectivity index (χ0) is 14.6. The molecule has 5 N–H and O–H groups in total. The molecule has 0 unspecified atom stereocenters. The van der Waals surface area contributed by atoms with Crippen molar-refractivity contribution in [1.29, 1.82) is 0 Å². The summed E-state index contributed by atoms with van der Waals surface area (Å²) in [6, 6.07) is 0. The third-order valence-electron chi connectivity index (χ3n) is 4.16. The summed E-state index contributed by atoms with van der Waals surface area (Å²) < 4.78 is 0. The molecule has 1 aromatic heterocycles. The van der Waals surface area contributed by atoms with Crippen LogP contribution in [0.15, 0.2) is 0 Å². The minimum atomic E-state index is 0.0522. The van der Waals surface area contributed by atoms with Crippen LogP contribution in [0, 0.1) is 5.41 Å². The Morgan fingerprint density at radius 3 is 2.25 bits per heavy atom. The molecule has 0 bridgehead atoms. The van der Waals surface area contributed by atoms with E-state index in [9.17, 15) is 5.11 Å². The van der Waals surface area contributed by atoms with Crippen molar-refractivity contribution in [3.05, 3.63) is 0 Å². The molecule has 1 aliphatic heterocycles. The van der Waals surface area contributed by atoms with Crippen LogP contribution in [0.25, 0.3) is 0 Å². The van der Waals surface area contributed by atoms with Crippen LogP contribution in [0.4, 0.5) is 17.8 Å². The van der Waals surface area contributed by atoms with Gasteiger partial charge in [0, 0.05) is 19.7 Å². The summed E-state index contributed by atoms with van der Waals surface area (Å²) >= 11 is 0. The topological polar surface area (TPSA) is 114 Å². The monoisotopic (exact) mass is 280 g/mol. The highest BCUT2D eigenvalue weighted by atomic mass is 16.3.